The highest BCUT2D eigenvalue weighted by Crippen LogP contribution is 2.21. The number of rotatable bonds is 7. The number of hydrogen-bond acceptors (Lipinski definition) is 5. The Bertz CT molecular complexity index is 566. The lowest BCUT2D eigenvalue weighted by molar-refractivity contribution is -0.141. The van der Waals surface area contributed by atoms with E-state index in [1.807, 2.05) is 0 Å². The van der Waals surface area contributed by atoms with Gasteiger partial charge in [0.05, 0.1) is 19.4 Å². The molecule has 0 aromatic heterocycles. The van der Waals surface area contributed by atoms with E-state index < -0.39 is 12.0 Å². The Morgan fingerprint density at radius 2 is 2.04 bits per heavy atom. The minimum atomic E-state index is -0.684. The maximum Gasteiger partial charge on any atom is 0.308 e. The van der Waals surface area contributed by atoms with Gasteiger partial charge in [-0.1, -0.05) is 5.92 Å². The maximum absolute atomic E-state index is 12.6. The molecular formula is C20H31N3O4. The first kappa shape index (κ1) is 21.2. The lowest BCUT2D eigenvalue weighted by Crippen LogP contribution is -2.47. The van der Waals surface area contributed by atoms with E-state index >= 15 is 0 Å². The van der Waals surface area contributed by atoms with Gasteiger partial charge in [0.1, 0.15) is 6.04 Å². The van der Waals surface area contributed by atoms with Gasteiger partial charge in [0.2, 0.25) is 11.8 Å². The highest BCUT2D eigenvalue weighted by molar-refractivity contribution is 5.82. The van der Waals surface area contributed by atoms with E-state index in [1.165, 1.54) is 7.11 Å². The topological polar surface area (TPSA) is 87.7 Å². The van der Waals surface area contributed by atoms with Gasteiger partial charge in [-0.3, -0.25) is 14.4 Å². The number of amides is 2. The summed E-state index contributed by atoms with van der Waals surface area (Å²) < 4.78 is 4.59. The van der Waals surface area contributed by atoms with Gasteiger partial charge < -0.3 is 20.3 Å². The number of carbonyl (C=O) groups is 3. The number of hydrogen-bond donors (Lipinski definition) is 2. The van der Waals surface area contributed by atoms with Crippen LogP contribution in [0.4, 0.5) is 0 Å². The fourth-order valence-electron chi connectivity index (χ4n) is 3.76. The zero-order valence-corrected chi connectivity index (χ0v) is 16.2. The standard InChI is InChI=1S/C20H31N3O4/c1-3-17(13-19(25)27-2)22-20(26)16-5-4-12-23(14-16)18(24)7-6-15-8-10-21-11-9-15/h1,15-17,21H,4-14H2,2H3,(H,22,26)/t16-,17-/m1/s1. The minimum absolute atomic E-state index is 0.0512. The average molecular weight is 377 g/mol. The molecule has 7 heteroatoms. The molecular weight excluding hydrogens is 346 g/mol. The van der Waals surface area contributed by atoms with Crippen LogP contribution in [-0.4, -0.2) is 62.0 Å². The number of ether oxygens (including phenoxy) is 1. The molecule has 2 fully saturated rings. The van der Waals surface area contributed by atoms with Gasteiger partial charge in [0, 0.05) is 19.5 Å². The predicted molar refractivity (Wildman–Crippen MR) is 102 cm³/mol. The first-order valence-corrected chi connectivity index (χ1v) is 9.85. The highest BCUT2D eigenvalue weighted by Gasteiger charge is 2.30. The van der Waals surface area contributed by atoms with Gasteiger partial charge in [-0.25, -0.2) is 0 Å². The van der Waals surface area contributed by atoms with Crippen LogP contribution in [0.3, 0.4) is 0 Å². The summed E-state index contributed by atoms with van der Waals surface area (Å²) >= 11 is 0. The van der Waals surface area contributed by atoms with E-state index in [4.69, 9.17) is 6.42 Å². The number of nitrogens with one attached hydrogen (secondary N) is 2. The Labute approximate surface area is 161 Å². The smallest absolute Gasteiger partial charge is 0.308 e. The normalized spacial score (nSPS) is 21.8. The van der Waals surface area contributed by atoms with Crippen molar-refractivity contribution >= 4 is 17.8 Å². The molecule has 2 aliphatic heterocycles. The van der Waals surface area contributed by atoms with Crippen molar-refractivity contribution in [2.24, 2.45) is 11.8 Å². The number of likely N-dealkylation sites (tertiary alicyclic amines) is 1. The number of methoxy groups -OCH3 is 1. The molecule has 0 radical (unpaired) electrons. The molecule has 2 saturated heterocycles. The molecule has 0 aromatic rings. The first-order chi connectivity index (χ1) is 13.0. The number of carbonyl (C=O) groups excluding carboxylic acids is 3. The van der Waals surface area contributed by atoms with E-state index in [-0.39, 0.29) is 24.2 Å². The van der Waals surface area contributed by atoms with Crippen molar-refractivity contribution in [3.05, 3.63) is 0 Å². The van der Waals surface area contributed by atoms with Crippen LogP contribution in [0, 0.1) is 24.2 Å². The van der Waals surface area contributed by atoms with Gasteiger partial charge in [-0.15, -0.1) is 6.42 Å². The first-order valence-electron chi connectivity index (χ1n) is 9.85. The number of nitrogens with zero attached hydrogens (tertiary/aromatic N) is 1. The summed E-state index contributed by atoms with van der Waals surface area (Å²) in [5, 5.41) is 6.06. The van der Waals surface area contributed by atoms with Crippen LogP contribution in [0.2, 0.25) is 0 Å². The summed E-state index contributed by atoms with van der Waals surface area (Å²) in [6.07, 6.45) is 10.6. The molecule has 27 heavy (non-hydrogen) atoms. The molecule has 2 N–H and O–H groups in total. The van der Waals surface area contributed by atoms with Crippen molar-refractivity contribution in [1.82, 2.24) is 15.5 Å². The molecule has 2 rings (SSSR count). The van der Waals surface area contributed by atoms with Gasteiger partial charge in [0.25, 0.3) is 0 Å². The van der Waals surface area contributed by atoms with Crippen LogP contribution in [0.1, 0.15) is 44.9 Å². The molecule has 2 amide bonds. The van der Waals surface area contributed by atoms with E-state index in [2.05, 4.69) is 21.3 Å². The van der Waals surface area contributed by atoms with Crippen molar-refractivity contribution in [3.8, 4) is 12.3 Å². The molecule has 7 nitrogen and oxygen atoms in total. The second-order valence-corrected chi connectivity index (χ2v) is 7.42. The quantitative estimate of drug-likeness (QED) is 0.503. The van der Waals surface area contributed by atoms with Crippen LogP contribution >= 0.6 is 0 Å². The molecule has 0 aliphatic carbocycles. The third-order valence-corrected chi connectivity index (χ3v) is 5.49. The molecule has 0 unspecified atom stereocenters. The summed E-state index contributed by atoms with van der Waals surface area (Å²) in [6.45, 7) is 3.20. The number of esters is 1. The molecule has 0 aromatic carbocycles. The highest BCUT2D eigenvalue weighted by atomic mass is 16.5. The van der Waals surface area contributed by atoms with Crippen molar-refractivity contribution in [3.63, 3.8) is 0 Å². The Hall–Kier alpha value is -2.07. The zero-order chi connectivity index (χ0) is 19.6. The van der Waals surface area contributed by atoms with Crippen molar-refractivity contribution in [1.29, 1.82) is 0 Å². The Kier molecular flexibility index (Phi) is 8.59. The van der Waals surface area contributed by atoms with E-state index in [9.17, 15) is 14.4 Å². The van der Waals surface area contributed by atoms with Crippen LogP contribution < -0.4 is 10.6 Å². The van der Waals surface area contributed by atoms with Crippen molar-refractivity contribution < 1.29 is 19.1 Å². The average Bonchev–Trinajstić information content (AvgIpc) is 2.72. The summed E-state index contributed by atoms with van der Waals surface area (Å²) in [7, 11) is 1.28. The van der Waals surface area contributed by atoms with Crippen LogP contribution in [0.15, 0.2) is 0 Å². The van der Waals surface area contributed by atoms with E-state index in [1.54, 1.807) is 4.90 Å². The van der Waals surface area contributed by atoms with Crippen molar-refractivity contribution in [2.45, 2.75) is 51.0 Å². The molecule has 0 saturated carbocycles. The molecule has 2 heterocycles. The summed E-state index contributed by atoms with van der Waals surface area (Å²) in [6, 6.07) is -0.684. The van der Waals surface area contributed by atoms with E-state index in [0.29, 0.717) is 25.4 Å². The molecule has 150 valence electrons. The fraction of sp³-hybridized carbons (Fsp3) is 0.750. The lowest BCUT2D eigenvalue weighted by atomic mass is 9.92. The van der Waals surface area contributed by atoms with Crippen molar-refractivity contribution in [2.75, 3.05) is 33.3 Å². The maximum atomic E-state index is 12.6. The molecule has 0 spiro atoms. The number of terminal acetylenes is 1. The Morgan fingerprint density at radius 3 is 2.70 bits per heavy atom. The van der Waals surface area contributed by atoms with Gasteiger partial charge >= 0.3 is 5.97 Å². The summed E-state index contributed by atoms with van der Waals surface area (Å²) in [5.74, 6) is 2.22. The largest absolute Gasteiger partial charge is 0.469 e. The summed E-state index contributed by atoms with van der Waals surface area (Å²) in [4.78, 5) is 38.2. The zero-order valence-electron chi connectivity index (χ0n) is 16.2. The molecule has 2 atom stereocenters. The monoisotopic (exact) mass is 377 g/mol. The van der Waals surface area contributed by atoms with Gasteiger partial charge in [-0.2, -0.15) is 0 Å². The number of piperidine rings is 2. The van der Waals surface area contributed by atoms with Gasteiger partial charge in [-0.05, 0) is 51.1 Å². The third-order valence-electron chi connectivity index (χ3n) is 5.49. The second kappa shape index (κ2) is 10.9. The Morgan fingerprint density at radius 1 is 1.30 bits per heavy atom. The van der Waals surface area contributed by atoms with Crippen LogP contribution in [-0.2, 0) is 19.1 Å². The third kappa shape index (κ3) is 6.87. The van der Waals surface area contributed by atoms with Gasteiger partial charge in [0.15, 0.2) is 0 Å². The van der Waals surface area contributed by atoms with Crippen LogP contribution in [0.5, 0.6) is 0 Å². The second-order valence-electron chi connectivity index (χ2n) is 7.42. The lowest BCUT2D eigenvalue weighted by Gasteiger charge is -2.33. The molecule has 2 aliphatic rings. The van der Waals surface area contributed by atoms with E-state index in [0.717, 1.165) is 45.2 Å². The fourth-order valence-corrected chi connectivity index (χ4v) is 3.76. The minimum Gasteiger partial charge on any atom is -0.469 e. The predicted octanol–water partition coefficient (Wildman–Crippen LogP) is 0.686. The SMILES string of the molecule is C#C[C@H](CC(=O)OC)NC(=O)[C@@H]1CCCN(C(=O)CCC2CCNCC2)C1. The van der Waals surface area contributed by atoms with Crippen LogP contribution in [0.25, 0.3) is 0 Å². The summed E-state index contributed by atoms with van der Waals surface area (Å²) in [5.41, 5.74) is 0. The molecule has 0 bridgehead atoms. The Balaban J connectivity index is 1.79.